The fraction of sp³-hybridized carbons (Fsp3) is 0.714. The molecule has 1 aromatic heterocycles. The fourth-order valence-corrected chi connectivity index (χ4v) is 2.52. The quantitative estimate of drug-likeness (QED) is 0.783. The number of aliphatic hydroxyl groups is 1. The summed E-state index contributed by atoms with van der Waals surface area (Å²) < 4.78 is 0. The Morgan fingerprint density at radius 1 is 1.35 bits per heavy atom. The van der Waals surface area contributed by atoms with Gasteiger partial charge in [-0.05, 0) is 44.1 Å². The lowest BCUT2D eigenvalue weighted by Gasteiger charge is -2.25. The minimum absolute atomic E-state index is 0.462. The van der Waals surface area contributed by atoms with E-state index in [1.54, 1.807) is 11.3 Å². The summed E-state index contributed by atoms with van der Waals surface area (Å²) in [6.45, 7) is 9.17. The van der Waals surface area contributed by atoms with Gasteiger partial charge in [-0.1, -0.05) is 19.9 Å². The van der Waals surface area contributed by atoms with Crippen molar-refractivity contribution in [2.75, 3.05) is 6.54 Å². The van der Waals surface area contributed by atoms with Gasteiger partial charge in [-0.25, -0.2) is 0 Å². The van der Waals surface area contributed by atoms with Gasteiger partial charge < -0.3 is 10.4 Å². The van der Waals surface area contributed by atoms with E-state index in [2.05, 4.69) is 26.1 Å². The molecule has 0 aliphatic carbocycles. The molecule has 3 heteroatoms. The maximum Gasteiger partial charge on any atom is 0.108 e. The molecular weight excluding hydrogens is 230 g/mol. The van der Waals surface area contributed by atoms with Crippen molar-refractivity contribution in [2.24, 2.45) is 5.92 Å². The zero-order valence-corrected chi connectivity index (χ0v) is 12.2. The lowest BCUT2D eigenvalue weighted by atomic mass is 10.0. The molecule has 0 spiro atoms. The third-order valence-corrected chi connectivity index (χ3v) is 4.15. The van der Waals surface area contributed by atoms with Crippen LogP contribution in [-0.2, 0) is 5.60 Å². The summed E-state index contributed by atoms with van der Waals surface area (Å²) in [6, 6.07) is 4.44. The average molecular weight is 255 g/mol. The Morgan fingerprint density at radius 3 is 2.59 bits per heavy atom. The second-order valence-corrected chi connectivity index (χ2v) is 6.45. The topological polar surface area (TPSA) is 32.3 Å². The van der Waals surface area contributed by atoms with E-state index in [0.717, 1.165) is 17.2 Å². The zero-order chi connectivity index (χ0) is 12.9. The summed E-state index contributed by atoms with van der Waals surface area (Å²) in [5, 5.41) is 15.8. The fourth-order valence-electron chi connectivity index (χ4n) is 1.73. The van der Waals surface area contributed by atoms with Crippen LogP contribution >= 0.6 is 11.3 Å². The number of nitrogens with one attached hydrogen (secondary N) is 1. The third kappa shape index (κ3) is 5.19. The van der Waals surface area contributed by atoms with Gasteiger partial charge in [-0.3, -0.25) is 0 Å². The minimum Gasteiger partial charge on any atom is -0.383 e. The van der Waals surface area contributed by atoms with Crippen LogP contribution in [0.3, 0.4) is 0 Å². The molecule has 0 fully saturated rings. The van der Waals surface area contributed by atoms with Crippen LogP contribution in [0, 0.1) is 5.92 Å². The second kappa shape index (κ2) is 6.53. The van der Waals surface area contributed by atoms with Crippen molar-refractivity contribution in [3.8, 4) is 0 Å². The molecule has 0 bridgehead atoms. The van der Waals surface area contributed by atoms with Gasteiger partial charge in [0.1, 0.15) is 5.60 Å². The molecule has 1 rings (SSSR count). The highest BCUT2D eigenvalue weighted by molar-refractivity contribution is 7.10. The van der Waals surface area contributed by atoms with Crippen LogP contribution in [0.2, 0.25) is 0 Å². The lowest BCUT2D eigenvalue weighted by molar-refractivity contribution is 0.0576. The maximum atomic E-state index is 10.3. The smallest absolute Gasteiger partial charge is 0.108 e. The molecule has 0 aromatic carbocycles. The van der Waals surface area contributed by atoms with E-state index >= 15 is 0 Å². The molecule has 2 unspecified atom stereocenters. The van der Waals surface area contributed by atoms with Crippen molar-refractivity contribution < 1.29 is 5.11 Å². The van der Waals surface area contributed by atoms with E-state index in [9.17, 15) is 5.11 Å². The van der Waals surface area contributed by atoms with Gasteiger partial charge in [0.25, 0.3) is 0 Å². The number of hydrogen-bond acceptors (Lipinski definition) is 3. The van der Waals surface area contributed by atoms with Gasteiger partial charge in [-0.15, -0.1) is 11.3 Å². The lowest BCUT2D eigenvalue weighted by Crippen LogP contribution is -2.39. The van der Waals surface area contributed by atoms with Crippen molar-refractivity contribution in [1.82, 2.24) is 5.32 Å². The summed E-state index contributed by atoms with van der Waals surface area (Å²) >= 11 is 1.61. The van der Waals surface area contributed by atoms with Crippen molar-refractivity contribution in [1.29, 1.82) is 0 Å². The molecule has 1 aromatic rings. The van der Waals surface area contributed by atoms with E-state index in [1.165, 1.54) is 6.42 Å². The van der Waals surface area contributed by atoms with E-state index < -0.39 is 5.60 Å². The Bertz CT molecular complexity index is 306. The molecule has 0 amide bonds. The van der Waals surface area contributed by atoms with E-state index in [1.807, 2.05) is 24.4 Å². The van der Waals surface area contributed by atoms with E-state index in [-0.39, 0.29) is 0 Å². The van der Waals surface area contributed by atoms with Crippen molar-refractivity contribution in [3.63, 3.8) is 0 Å². The minimum atomic E-state index is -0.750. The number of thiophene rings is 1. The standard InChI is InChI=1S/C14H25NOS/c1-11(2)7-8-12(3)15-10-14(4,16)13-6-5-9-17-13/h5-6,9,11-12,15-16H,7-8,10H2,1-4H3. The predicted molar refractivity (Wildman–Crippen MR) is 75.4 cm³/mol. The highest BCUT2D eigenvalue weighted by Crippen LogP contribution is 2.24. The monoisotopic (exact) mass is 255 g/mol. The summed E-state index contributed by atoms with van der Waals surface area (Å²) in [5.41, 5.74) is -0.750. The molecule has 2 atom stereocenters. The van der Waals surface area contributed by atoms with Gasteiger partial charge in [-0.2, -0.15) is 0 Å². The van der Waals surface area contributed by atoms with Gasteiger partial charge in [0.05, 0.1) is 0 Å². The largest absolute Gasteiger partial charge is 0.383 e. The van der Waals surface area contributed by atoms with Crippen molar-refractivity contribution >= 4 is 11.3 Å². The Balaban J connectivity index is 2.34. The summed E-state index contributed by atoms with van der Waals surface area (Å²) in [5.74, 6) is 0.747. The van der Waals surface area contributed by atoms with Gasteiger partial charge in [0.2, 0.25) is 0 Å². The first-order chi connectivity index (χ1) is 7.92. The van der Waals surface area contributed by atoms with Gasteiger partial charge in [0.15, 0.2) is 0 Å². The number of rotatable bonds is 7. The third-order valence-electron chi connectivity index (χ3n) is 3.02. The molecular formula is C14H25NOS. The SMILES string of the molecule is CC(C)CCC(C)NCC(C)(O)c1cccs1. The van der Waals surface area contributed by atoms with Crippen LogP contribution in [0.25, 0.3) is 0 Å². The van der Waals surface area contributed by atoms with Crippen molar-refractivity contribution in [2.45, 2.75) is 52.2 Å². The first-order valence-electron chi connectivity index (χ1n) is 6.41. The molecule has 1 heterocycles. The molecule has 0 aliphatic rings. The molecule has 2 N–H and O–H groups in total. The van der Waals surface area contributed by atoms with Gasteiger partial charge >= 0.3 is 0 Å². The first-order valence-corrected chi connectivity index (χ1v) is 7.29. The highest BCUT2D eigenvalue weighted by atomic mass is 32.1. The molecule has 0 aliphatic heterocycles. The Labute approximate surface area is 109 Å². The van der Waals surface area contributed by atoms with Crippen LogP contribution < -0.4 is 5.32 Å². The highest BCUT2D eigenvalue weighted by Gasteiger charge is 2.24. The van der Waals surface area contributed by atoms with Crippen LogP contribution in [0.15, 0.2) is 17.5 Å². The Kier molecular flexibility index (Phi) is 5.63. The molecule has 0 saturated carbocycles. The molecule has 0 radical (unpaired) electrons. The normalized spacial score (nSPS) is 17.1. The molecule has 17 heavy (non-hydrogen) atoms. The summed E-state index contributed by atoms with van der Waals surface area (Å²) in [4.78, 5) is 1.03. The molecule has 98 valence electrons. The predicted octanol–water partition coefficient (Wildman–Crippen LogP) is 3.37. The Hall–Kier alpha value is -0.380. The first kappa shape index (κ1) is 14.7. The van der Waals surface area contributed by atoms with E-state index in [4.69, 9.17) is 0 Å². The second-order valence-electron chi connectivity index (χ2n) is 5.50. The van der Waals surface area contributed by atoms with Crippen LogP contribution in [0.4, 0.5) is 0 Å². The molecule has 2 nitrogen and oxygen atoms in total. The van der Waals surface area contributed by atoms with Crippen LogP contribution in [0.1, 0.15) is 45.4 Å². The van der Waals surface area contributed by atoms with Crippen LogP contribution in [0.5, 0.6) is 0 Å². The van der Waals surface area contributed by atoms with Gasteiger partial charge in [0, 0.05) is 17.5 Å². The maximum absolute atomic E-state index is 10.3. The zero-order valence-electron chi connectivity index (χ0n) is 11.4. The van der Waals surface area contributed by atoms with Crippen LogP contribution in [-0.4, -0.2) is 17.7 Å². The van der Waals surface area contributed by atoms with Crippen molar-refractivity contribution in [3.05, 3.63) is 22.4 Å². The average Bonchev–Trinajstić information content (AvgIpc) is 2.77. The summed E-state index contributed by atoms with van der Waals surface area (Å²) in [7, 11) is 0. The summed E-state index contributed by atoms with van der Waals surface area (Å²) in [6.07, 6.45) is 2.40. The van der Waals surface area contributed by atoms with E-state index in [0.29, 0.717) is 12.6 Å². The molecule has 0 saturated heterocycles. The number of hydrogen-bond donors (Lipinski definition) is 2. The Morgan fingerprint density at radius 2 is 2.06 bits per heavy atom.